The predicted octanol–water partition coefficient (Wildman–Crippen LogP) is 2.05. The highest BCUT2D eigenvalue weighted by atomic mass is 16.5. The average Bonchev–Trinajstić information content (AvgIpc) is 2.36. The van der Waals surface area contributed by atoms with E-state index in [4.69, 9.17) is 4.74 Å². The molecule has 1 aromatic heterocycles. The zero-order valence-corrected chi connectivity index (χ0v) is 11.9. The molecule has 1 rings (SSSR count). The molecule has 0 bridgehead atoms. The number of rotatable bonds is 8. The molecule has 0 aliphatic carbocycles. The van der Waals surface area contributed by atoms with Gasteiger partial charge in [0.05, 0.1) is 12.7 Å². The van der Waals surface area contributed by atoms with Crippen molar-refractivity contribution in [1.29, 1.82) is 0 Å². The van der Waals surface area contributed by atoms with E-state index in [-0.39, 0.29) is 6.10 Å². The van der Waals surface area contributed by atoms with E-state index in [2.05, 4.69) is 42.0 Å². The van der Waals surface area contributed by atoms with Crippen molar-refractivity contribution in [2.24, 2.45) is 0 Å². The standard InChI is InChI=1S/C14H25N3O/c1-5-15-11-13-6-7-16-14(10-13)17(4)8-9-18-12(2)3/h6-7,10,12,15H,5,8-9,11H2,1-4H3. The van der Waals surface area contributed by atoms with Gasteiger partial charge in [-0.15, -0.1) is 0 Å². The van der Waals surface area contributed by atoms with Crippen molar-refractivity contribution in [2.75, 3.05) is 31.6 Å². The number of pyridine rings is 1. The van der Waals surface area contributed by atoms with E-state index in [9.17, 15) is 0 Å². The fourth-order valence-corrected chi connectivity index (χ4v) is 1.59. The average molecular weight is 251 g/mol. The number of aromatic nitrogens is 1. The molecule has 1 N–H and O–H groups in total. The fourth-order valence-electron chi connectivity index (χ4n) is 1.59. The summed E-state index contributed by atoms with van der Waals surface area (Å²) < 4.78 is 5.55. The Morgan fingerprint density at radius 1 is 1.44 bits per heavy atom. The van der Waals surface area contributed by atoms with Crippen molar-refractivity contribution in [3.63, 3.8) is 0 Å². The molecule has 0 saturated carbocycles. The Kier molecular flexibility index (Phi) is 6.68. The first-order chi connectivity index (χ1) is 8.63. The maximum atomic E-state index is 5.55. The lowest BCUT2D eigenvalue weighted by Gasteiger charge is -2.19. The van der Waals surface area contributed by atoms with E-state index in [0.717, 1.165) is 32.1 Å². The van der Waals surface area contributed by atoms with E-state index in [0.29, 0.717) is 0 Å². The second-order valence-electron chi connectivity index (χ2n) is 4.64. The van der Waals surface area contributed by atoms with Gasteiger partial charge in [-0.3, -0.25) is 0 Å². The van der Waals surface area contributed by atoms with Crippen LogP contribution in [-0.4, -0.2) is 37.8 Å². The largest absolute Gasteiger partial charge is 0.377 e. The highest BCUT2D eigenvalue weighted by Crippen LogP contribution is 2.10. The quantitative estimate of drug-likeness (QED) is 0.767. The van der Waals surface area contributed by atoms with Crippen molar-refractivity contribution < 1.29 is 4.74 Å². The number of hydrogen-bond acceptors (Lipinski definition) is 4. The Bertz CT molecular complexity index is 342. The van der Waals surface area contributed by atoms with Crippen molar-refractivity contribution >= 4 is 5.82 Å². The fraction of sp³-hybridized carbons (Fsp3) is 0.643. The van der Waals surface area contributed by atoms with Crippen LogP contribution in [0.2, 0.25) is 0 Å². The van der Waals surface area contributed by atoms with Crippen molar-refractivity contribution in [3.05, 3.63) is 23.9 Å². The highest BCUT2D eigenvalue weighted by molar-refractivity contribution is 5.39. The number of anilines is 1. The highest BCUT2D eigenvalue weighted by Gasteiger charge is 2.04. The van der Waals surface area contributed by atoms with Gasteiger partial charge in [0.2, 0.25) is 0 Å². The lowest BCUT2D eigenvalue weighted by molar-refractivity contribution is 0.0845. The number of likely N-dealkylation sites (N-methyl/N-ethyl adjacent to an activating group) is 1. The van der Waals surface area contributed by atoms with Crippen LogP contribution in [0.3, 0.4) is 0 Å². The molecule has 102 valence electrons. The molecular weight excluding hydrogens is 226 g/mol. The molecule has 0 atom stereocenters. The smallest absolute Gasteiger partial charge is 0.128 e. The summed E-state index contributed by atoms with van der Waals surface area (Å²) in [6, 6.07) is 4.17. The van der Waals surface area contributed by atoms with E-state index in [1.165, 1.54) is 5.56 Å². The Balaban J connectivity index is 2.48. The molecule has 0 aliphatic rings. The van der Waals surface area contributed by atoms with Gasteiger partial charge in [-0.05, 0) is 38.1 Å². The molecule has 0 radical (unpaired) electrons. The van der Waals surface area contributed by atoms with Crippen LogP contribution in [0.1, 0.15) is 26.3 Å². The van der Waals surface area contributed by atoms with Crippen LogP contribution in [-0.2, 0) is 11.3 Å². The maximum Gasteiger partial charge on any atom is 0.128 e. The Hall–Kier alpha value is -1.13. The summed E-state index contributed by atoms with van der Waals surface area (Å²) in [4.78, 5) is 6.51. The van der Waals surface area contributed by atoms with Gasteiger partial charge in [-0.2, -0.15) is 0 Å². The Morgan fingerprint density at radius 2 is 2.22 bits per heavy atom. The van der Waals surface area contributed by atoms with Crippen LogP contribution in [0.4, 0.5) is 5.82 Å². The van der Waals surface area contributed by atoms with Gasteiger partial charge >= 0.3 is 0 Å². The van der Waals surface area contributed by atoms with Gasteiger partial charge in [0.25, 0.3) is 0 Å². The number of hydrogen-bond donors (Lipinski definition) is 1. The lowest BCUT2D eigenvalue weighted by Crippen LogP contribution is -2.25. The van der Waals surface area contributed by atoms with Crippen molar-refractivity contribution in [1.82, 2.24) is 10.3 Å². The molecule has 0 aliphatic heterocycles. The zero-order valence-electron chi connectivity index (χ0n) is 11.9. The summed E-state index contributed by atoms with van der Waals surface area (Å²) in [5.74, 6) is 0.998. The molecule has 0 unspecified atom stereocenters. The summed E-state index contributed by atoms with van der Waals surface area (Å²) in [6.07, 6.45) is 2.15. The van der Waals surface area contributed by atoms with E-state index < -0.39 is 0 Å². The minimum Gasteiger partial charge on any atom is -0.377 e. The molecule has 1 heterocycles. The first-order valence-electron chi connectivity index (χ1n) is 6.62. The summed E-state index contributed by atoms with van der Waals surface area (Å²) in [5.41, 5.74) is 1.26. The monoisotopic (exact) mass is 251 g/mol. The zero-order chi connectivity index (χ0) is 13.4. The number of ether oxygens (including phenoxy) is 1. The minimum absolute atomic E-state index is 0.284. The third-order valence-electron chi connectivity index (χ3n) is 2.66. The van der Waals surface area contributed by atoms with E-state index >= 15 is 0 Å². The molecule has 1 aromatic rings. The molecule has 4 nitrogen and oxygen atoms in total. The summed E-state index contributed by atoms with van der Waals surface area (Å²) >= 11 is 0. The SMILES string of the molecule is CCNCc1ccnc(N(C)CCOC(C)C)c1. The van der Waals surface area contributed by atoms with Gasteiger partial charge < -0.3 is 15.0 Å². The second-order valence-corrected chi connectivity index (χ2v) is 4.64. The van der Waals surface area contributed by atoms with E-state index in [1.54, 1.807) is 0 Å². The number of nitrogens with one attached hydrogen (secondary N) is 1. The number of nitrogens with zero attached hydrogens (tertiary/aromatic N) is 2. The van der Waals surface area contributed by atoms with Crippen molar-refractivity contribution in [2.45, 2.75) is 33.4 Å². The van der Waals surface area contributed by atoms with Crippen LogP contribution in [0, 0.1) is 0 Å². The summed E-state index contributed by atoms with van der Waals surface area (Å²) in [6.45, 7) is 9.67. The Morgan fingerprint density at radius 3 is 2.89 bits per heavy atom. The topological polar surface area (TPSA) is 37.4 Å². The van der Waals surface area contributed by atoms with Gasteiger partial charge in [0.1, 0.15) is 5.82 Å². The molecular formula is C14H25N3O. The van der Waals surface area contributed by atoms with Gasteiger partial charge in [-0.1, -0.05) is 6.92 Å². The van der Waals surface area contributed by atoms with Crippen molar-refractivity contribution in [3.8, 4) is 0 Å². The minimum atomic E-state index is 0.284. The van der Waals surface area contributed by atoms with Gasteiger partial charge in [0.15, 0.2) is 0 Å². The third-order valence-corrected chi connectivity index (χ3v) is 2.66. The van der Waals surface area contributed by atoms with Crippen LogP contribution in [0.25, 0.3) is 0 Å². The third kappa shape index (κ3) is 5.47. The molecule has 0 spiro atoms. The normalized spacial score (nSPS) is 10.9. The van der Waals surface area contributed by atoms with Crippen LogP contribution >= 0.6 is 0 Å². The molecule has 4 heteroatoms. The first-order valence-corrected chi connectivity index (χ1v) is 6.62. The van der Waals surface area contributed by atoms with Crippen LogP contribution < -0.4 is 10.2 Å². The van der Waals surface area contributed by atoms with Crippen LogP contribution in [0.15, 0.2) is 18.3 Å². The molecule has 0 amide bonds. The molecule has 18 heavy (non-hydrogen) atoms. The first kappa shape index (κ1) is 14.9. The molecule has 0 fully saturated rings. The summed E-state index contributed by atoms with van der Waals surface area (Å²) in [5, 5.41) is 3.32. The lowest BCUT2D eigenvalue weighted by atomic mass is 10.2. The Labute approximate surface area is 110 Å². The van der Waals surface area contributed by atoms with Gasteiger partial charge in [0, 0.05) is 26.3 Å². The maximum absolute atomic E-state index is 5.55. The second kappa shape index (κ2) is 8.06. The van der Waals surface area contributed by atoms with Gasteiger partial charge in [-0.25, -0.2) is 4.98 Å². The van der Waals surface area contributed by atoms with E-state index in [1.807, 2.05) is 19.3 Å². The van der Waals surface area contributed by atoms with Crippen LogP contribution in [0.5, 0.6) is 0 Å². The summed E-state index contributed by atoms with van der Waals surface area (Å²) in [7, 11) is 2.04. The molecule has 0 aromatic carbocycles. The predicted molar refractivity (Wildman–Crippen MR) is 76.0 cm³/mol. The molecule has 0 saturated heterocycles.